The summed E-state index contributed by atoms with van der Waals surface area (Å²) >= 11 is 0. The molecule has 0 aromatic carbocycles. The lowest BCUT2D eigenvalue weighted by Gasteiger charge is -2.35. The normalized spacial score (nSPS) is 23.2. The van der Waals surface area contributed by atoms with Crippen molar-refractivity contribution in [3.63, 3.8) is 0 Å². The number of nitrogens with one attached hydrogen (secondary N) is 1. The molecule has 1 aromatic heterocycles. The van der Waals surface area contributed by atoms with E-state index in [1.54, 1.807) is 18.0 Å². The van der Waals surface area contributed by atoms with Gasteiger partial charge in [-0.25, -0.2) is 0 Å². The summed E-state index contributed by atoms with van der Waals surface area (Å²) in [6.07, 6.45) is 4.65. The first kappa shape index (κ1) is 19.4. The fraction of sp³-hybridized carbons (Fsp3) is 0.706. The fourth-order valence-electron chi connectivity index (χ4n) is 3.04. The van der Waals surface area contributed by atoms with Crippen LogP contribution in [0, 0.1) is 0 Å². The number of aromatic nitrogens is 2. The van der Waals surface area contributed by atoms with E-state index in [4.69, 9.17) is 10.5 Å². The lowest BCUT2D eigenvalue weighted by molar-refractivity contribution is -0.144. The molecule has 0 saturated carbocycles. The molecule has 0 radical (unpaired) electrons. The summed E-state index contributed by atoms with van der Waals surface area (Å²) in [7, 11) is 0. The number of hydrogen-bond acceptors (Lipinski definition) is 5. The van der Waals surface area contributed by atoms with E-state index < -0.39 is 5.54 Å². The van der Waals surface area contributed by atoms with Crippen molar-refractivity contribution in [3.05, 3.63) is 12.4 Å². The number of rotatable bonds is 6. The van der Waals surface area contributed by atoms with E-state index in [9.17, 15) is 9.59 Å². The van der Waals surface area contributed by atoms with Crippen molar-refractivity contribution in [2.45, 2.75) is 64.8 Å². The Hall–Kier alpha value is -1.93. The van der Waals surface area contributed by atoms with Crippen LogP contribution in [0.15, 0.2) is 12.4 Å². The molecule has 2 amide bonds. The van der Waals surface area contributed by atoms with Gasteiger partial charge in [-0.1, -0.05) is 13.3 Å². The second-order valence-electron chi connectivity index (χ2n) is 7.10. The Labute approximate surface area is 148 Å². The van der Waals surface area contributed by atoms with Gasteiger partial charge in [0.25, 0.3) is 0 Å². The van der Waals surface area contributed by atoms with Gasteiger partial charge >= 0.3 is 0 Å². The van der Waals surface area contributed by atoms with Crippen molar-refractivity contribution in [2.24, 2.45) is 5.73 Å². The second-order valence-corrected chi connectivity index (χ2v) is 7.10. The van der Waals surface area contributed by atoms with Crippen molar-refractivity contribution in [2.75, 3.05) is 18.4 Å². The molecular formula is C17H29N5O3. The number of nitrogens with two attached hydrogens (primary N) is 1. The van der Waals surface area contributed by atoms with Gasteiger partial charge in [-0.05, 0) is 27.2 Å². The van der Waals surface area contributed by atoms with Gasteiger partial charge in [-0.15, -0.1) is 0 Å². The van der Waals surface area contributed by atoms with Gasteiger partial charge in [-0.3, -0.25) is 14.3 Å². The van der Waals surface area contributed by atoms with Gasteiger partial charge in [0, 0.05) is 19.3 Å². The maximum Gasteiger partial charge on any atom is 0.244 e. The third-order valence-electron chi connectivity index (χ3n) is 4.25. The van der Waals surface area contributed by atoms with Gasteiger partial charge in [0.05, 0.1) is 29.6 Å². The van der Waals surface area contributed by atoms with Crippen LogP contribution in [-0.4, -0.2) is 57.3 Å². The number of nitrogens with zero attached hydrogens (tertiary/aromatic N) is 3. The predicted molar refractivity (Wildman–Crippen MR) is 94.9 cm³/mol. The Morgan fingerprint density at radius 2 is 2.04 bits per heavy atom. The third-order valence-corrected chi connectivity index (χ3v) is 4.25. The van der Waals surface area contributed by atoms with E-state index in [0.717, 1.165) is 6.42 Å². The highest BCUT2D eigenvalue weighted by molar-refractivity contribution is 5.97. The van der Waals surface area contributed by atoms with Crippen molar-refractivity contribution >= 4 is 17.5 Å². The fourth-order valence-corrected chi connectivity index (χ4v) is 3.04. The molecule has 0 bridgehead atoms. The Morgan fingerprint density at radius 1 is 1.40 bits per heavy atom. The lowest BCUT2D eigenvalue weighted by atomic mass is 9.96. The Morgan fingerprint density at radius 3 is 2.64 bits per heavy atom. The van der Waals surface area contributed by atoms with Gasteiger partial charge in [0.1, 0.15) is 6.54 Å². The molecule has 1 fully saturated rings. The molecule has 2 rings (SSSR count). The number of morpholine rings is 1. The smallest absolute Gasteiger partial charge is 0.244 e. The molecule has 1 aliphatic rings. The van der Waals surface area contributed by atoms with Crippen LogP contribution in [0.1, 0.15) is 40.5 Å². The standard InChI is InChI=1S/C17H29N5O3/c1-5-6-17(4,18)16(24)20-14-7-19-22(10-14)11-15(23)21-8-12(2)25-13(3)9-21/h7,10,12-13H,5-6,8-9,11,18H2,1-4H3,(H,20,24). The van der Waals surface area contributed by atoms with Crippen molar-refractivity contribution in [3.8, 4) is 0 Å². The number of anilines is 1. The SMILES string of the molecule is CCCC(C)(N)C(=O)Nc1cnn(CC(=O)N2CC(C)OC(C)C2)c1. The molecule has 1 saturated heterocycles. The number of hydrogen-bond donors (Lipinski definition) is 2. The largest absolute Gasteiger partial charge is 0.372 e. The van der Waals surface area contributed by atoms with Gasteiger partial charge < -0.3 is 20.7 Å². The molecule has 3 atom stereocenters. The summed E-state index contributed by atoms with van der Waals surface area (Å²) < 4.78 is 7.16. The minimum Gasteiger partial charge on any atom is -0.372 e. The van der Waals surface area contributed by atoms with E-state index in [0.29, 0.717) is 25.2 Å². The molecule has 25 heavy (non-hydrogen) atoms. The van der Waals surface area contributed by atoms with Crippen LogP contribution in [0.5, 0.6) is 0 Å². The summed E-state index contributed by atoms with van der Waals surface area (Å²) in [6.45, 7) is 8.89. The molecule has 3 unspecified atom stereocenters. The molecule has 8 nitrogen and oxygen atoms in total. The summed E-state index contributed by atoms with van der Waals surface area (Å²) in [5.74, 6) is -0.270. The number of carbonyl (C=O) groups is 2. The van der Waals surface area contributed by atoms with Crippen LogP contribution in [0.4, 0.5) is 5.69 Å². The molecule has 1 aromatic rings. The summed E-state index contributed by atoms with van der Waals surface area (Å²) in [6, 6.07) is 0. The van der Waals surface area contributed by atoms with Gasteiger partial charge in [0.2, 0.25) is 11.8 Å². The predicted octanol–water partition coefficient (Wildman–Crippen LogP) is 0.975. The highest BCUT2D eigenvalue weighted by Gasteiger charge is 2.28. The van der Waals surface area contributed by atoms with Gasteiger partial charge in [0.15, 0.2) is 0 Å². The van der Waals surface area contributed by atoms with Crippen LogP contribution in [0.3, 0.4) is 0 Å². The summed E-state index contributed by atoms with van der Waals surface area (Å²) in [5.41, 5.74) is 5.63. The van der Waals surface area contributed by atoms with Crippen molar-refractivity contribution < 1.29 is 14.3 Å². The van der Waals surface area contributed by atoms with Crippen LogP contribution in [0.2, 0.25) is 0 Å². The first-order valence-corrected chi connectivity index (χ1v) is 8.77. The summed E-state index contributed by atoms with van der Waals surface area (Å²) in [4.78, 5) is 26.4. The van der Waals surface area contributed by atoms with E-state index in [-0.39, 0.29) is 30.6 Å². The van der Waals surface area contributed by atoms with Crippen LogP contribution < -0.4 is 11.1 Å². The first-order valence-electron chi connectivity index (χ1n) is 8.77. The molecule has 8 heteroatoms. The Bertz CT molecular complexity index is 603. The topological polar surface area (TPSA) is 102 Å². The zero-order valence-electron chi connectivity index (χ0n) is 15.5. The highest BCUT2D eigenvalue weighted by atomic mass is 16.5. The van der Waals surface area contributed by atoms with Crippen molar-refractivity contribution in [1.29, 1.82) is 0 Å². The molecule has 0 aliphatic carbocycles. The highest BCUT2D eigenvalue weighted by Crippen LogP contribution is 2.14. The van der Waals surface area contributed by atoms with E-state index in [1.165, 1.54) is 10.9 Å². The monoisotopic (exact) mass is 351 g/mol. The molecule has 140 valence electrons. The minimum atomic E-state index is -0.924. The minimum absolute atomic E-state index is 0.0161. The van der Waals surface area contributed by atoms with E-state index in [1.807, 2.05) is 20.8 Å². The number of carbonyl (C=O) groups excluding carboxylic acids is 2. The Kier molecular flexibility index (Phi) is 6.18. The quantitative estimate of drug-likeness (QED) is 0.795. The van der Waals surface area contributed by atoms with Crippen molar-refractivity contribution in [1.82, 2.24) is 14.7 Å². The second kappa shape index (κ2) is 7.97. The van der Waals surface area contributed by atoms with Gasteiger partial charge in [-0.2, -0.15) is 5.10 Å². The summed E-state index contributed by atoms with van der Waals surface area (Å²) in [5, 5.41) is 6.91. The van der Waals surface area contributed by atoms with E-state index in [2.05, 4.69) is 10.4 Å². The molecular weight excluding hydrogens is 322 g/mol. The number of amides is 2. The van der Waals surface area contributed by atoms with Crippen LogP contribution >= 0.6 is 0 Å². The lowest BCUT2D eigenvalue weighted by Crippen LogP contribution is -2.49. The number of ether oxygens (including phenoxy) is 1. The Balaban J connectivity index is 1.93. The maximum atomic E-state index is 12.4. The molecule has 2 heterocycles. The van der Waals surface area contributed by atoms with Crippen LogP contribution in [0.25, 0.3) is 0 Å². The zero-order chi connectivity index (χ0) is 18.6. The van der Waals surface area contributed by atoms with E-state index >= 15 is 0 Å². The molecule has 0 spiro atoms. The average molecular weight is 351 g/mol. The zero-order valence-corrected chi connectivity index (χ0v) is 15.5. The third kappa shape index (κ3) is 5.27. The maximum absolute atomic E-state index is 12.4. The average Bonchev–Trinajstić information content (AvgIpc) is 2.93. The molecule has 3 N–H and O–H groups in total. The molecule has 1 aliphatic heterocycles. The first-order chi connectivity index (χ1) is 11.7. The van der Waals surface area contributed by atoms with Crippen LogP contribution in [-0.2, 0) is 20.9 Å².